The molecule has 23 heavy (non-hydrogen) atoms. The van der Waals surface area contributed by atoms with E-state index in [1.807, 2.05) is 48.9 Å². The maximum absolute atomic E-state index is 11.9. The Balaban J connectivity index is 1.68. The van der Waals surface area contributed by atoms with Crippen molar-refractivity contribution >= 4 is 39.8 Å². The Labute approximate surface area is 142 Å². The third-order valence-electron chi connectivity index (χ3n) is 3.20. The predicted molar refractivity (Wildman–Crippen MR) is 96.8 cm³/mol. The van der Waals surface area contributed by atoms with E-state index in [2.05, 4.69) is 15.3 Å². The van der Waals surface area contributed by atoms with Crippen molar-refractivity contribution in [2.45, 2.75) is 13.8 Å². The molecule has 3 rings (SSSR count). The summed E-state index contributed by atoms with van der Waals surface area (Å²) in [7, 11) is 0. The highest BCUT2D eigenvalue weighted by molar-refractivity contribution is 7.14. The van der Waals surface area contributed by atoms with Crippen LogP contribution in [0.4, 0.5) is 5.13 Å². The quantitative estimate of drug-likeness (QED) is 0.709. The average Bonchev–Trinajstić information content (AvgIpc) is 3.15. The number of carbonyl (C=O) groups excluding carboxylic acids is 1. The van der Waals surface area contributed by atoms with Crippen molar-refractivity contribution < 1.29 is 4.79 Å². The monoisotopic (exact) mass is 341 g/mol. The molecule has 0 unspecified atom stereocenters. The zero-order chi connectivity index (χ0) is 16.2. The van der Waals surface area contributed by atoms with Crippen LogP contribution in [-0.2, 0) is 4.79 Å². The fourth-order valence-electron chi connectivity index (χ4n) is 2.08. The molecule has 1 aromatic carbocycles. The van der Waals surface area contributed by atoms with E-state index >= 15 is 0 Å². The van der Waals surface area contributed by atoms with Crippen LogP contribution in [0.1, 0.15) is 16.3 Å². The Kier molecular flexibility index (Phi) is 4.64. The Hall–Kier alpha value is -2.31. The maximum atomic E-state index is 11.9. The third-order valence-corrected chi connectivity index (χ3v) is 4.75. The highest BCUT2D eigenvalue weighted by Crippen LogP contribution is 2.27. The summed E-state index contributed by atoms with van der Waals surface area (Å²) >= 11 is 2.97. The van der Waals surface area contributed by atoms with Crippen molar-refractivity contribution in [3.63, 3.8) is 0 Å². The number of amides is 1. The number of hydrogen-bond acceptors (Lipinski definition) is 5. The van der Waals surface area contributed by atoms with Gasteiger partial charge in [-0.3, -0.25) is 10.1 Å². The predicted octanol–water partition coefficient (Wildman–Crippen LogP) is 4.54. The van der Waals surface area contributed by atoms with Gasteiger partial charge in [0.1, 0.15) is 0 Å². The summed E-state index contributed by atoms with van der Waals surface area (Å²) in [6, 6.07) is 8.06. The molecule has 0 bridgehead atoms. The van der Waals surface area contributed by atoms with Crippen molar-refractivity contribution in [1.29, 1.82) is 0 Å². The molecule has 6 heteroatoms. The number of anilines is 1. The Bertz CT molecular complexity index is 864. The summed E-state index contributed by atoms with van der Waals surface area (Å²) < 4.78 is 0. The lowest BCUT2D eigenvalue weighted by Crippen LogP contribution is -2.07. The van der Waals surface area contributed by atoms with Crippen molar-refractivity contribution in [1.82, 2.24) is 9.97 Å². The maximum Gasteiger partial charge on any atom is 0.250 e. The van der Waals surface area contributed by atoms with Gasteiger partial charge in [0.15, 0.2) is 5.13 Å². The second kappa shape index (κ2) is 6.85. The van der Waals surface area contributed by atoms with Crippen molar-refractivity contribution in [2.75, 3.05) is 5.32 Å². The number of aryl methyl sites for hydroxylation is 2. The number of nitrogens with one attached hydrogen (secondary N) is 1. The molecule has 1 N–H and O–H groups in total. The SMILES string of the molecule is Cc1nc(C=CC(=O)Nc2nc(-c3ccccc3C)cs2)cs1. The third kappa shape index (κ3) is 3.91. The summed E-state index contributed by atoms with van der Waals surface area (Å²) in [4.78, 5) is 20.7. The smallest absolute Gasteiger partial charge is 0.250 e. The molecule has 0 fully saturated rings. The summed E-state index contributed by atoms with van der Waals surface area (Å²) in [5.41, 5.74) is 3.91. The standard InChI is InChI=1S/C17H15N3OS2/c1-11-5-3-4-6-14(11)15-10-23-17(19-15)20-16(21)8-7-13-9-22-12(2)18-13/h3-10H,1-2H3,(H,19,20,21). The number of hydrogen-bond donors (Lipinski definition) is 1. The molecule has 2 aromatic heterocycles. The van der Waals surface area contributed by atoms with Crippen molar-refractivity contribution in [2.24, 2.45) is 0 Å². The summed E-state index contributed by atoms with van der Waals surface area (Å²) in [5, 5.41) is 8.22. The van der Waals surface area contributed by atoms with E-state index < -0.39 is 0 Å². The lowest BCUT2D eigenvalue weighted by Gasteiger charge is -2.00. The first-order valence-corrected chi connectivity index (χ1v) is 8.80. The highest BCUT2D eigenvalue weighted by Gasteiger charge is 2.08. The van der Waals surface area contributed by atoms with Crippen molar-refractivity contribution in [3.8, 4) is 11.3 Å². The molecule has 0 atom stereocenters. The topological polar surface area (TPSA) is 54.9 Å². The van der Waals surface area contributed by atoms with E-state index in [0.717, 1.165) is 27.5 Å². The first-order valence-electron chi connectivity index (χ1n) is 7.04. The second-order valence-electron chi connectivity index (χ2n) is 4.97. The zero-order valence-corrected chi connectivity index (χ0v) is 14.4. The largest absolute Gasteiger partial charge is 0.298 e. The minimum Gasteiger partial charge on any atom is -0.298 e. The molecule has 0 saturated carbocycles. The molecule has 3 aromatic rings. The second-order valence-corrected chi connectivity index (χ2v) is 6.89. The minimum absolute atomic E-state index is 0.207. The normalized spacial score (nSPS) is 11.0. The van der Waals surface area contributed by atoms with Gasteiger partial charge in [-0.2, -0.15) is 0 Å². The summed E-state index contributed by atoms with van der Waals surface area (Å²) in [5.74, 6) is -0.207. The minimum atomic E-state index is -0.207. The van der Waals surface area contributed by atoms with Crippen molar-refractivity contribution in [3.05, 3.63) is 57.4 Å². The van der Waals surface area contributed by atoms with Crippen LogP contribution >= 0.6 is 22.7 Å². The van der Waals surface area contributed by atoms with Gasteiger partial charge in [-0.15, -0.1) is 22.7 Å². The number of carbonyl (C=O) groups is 1. The number of nitrogens with zero attached hydrogens (tertiary/aromatic N) is 2. The molecule has 4 nitrogen and oxygen atoms in total. The van der Waals surface area contributed by atoms with Crippen LogP contribution in [0.3, 0.4) is 0 Å². The van der Waals surface area contributed by atoms with E-state index in [1.54, 1.807) is 17.4 Å². The van der Waals surface area contributed by atoms with Gasteiger partial charge in [-0.1, -0.05) is 24.3 Å². The van der Waals surface area contributed by atoms with Crippen LogP contribution in [0.2, 0.25) is 0 Å². The van der Waals surface area contributed by atoms with E-state index in [9.17, 15) is 4.79 Å². The van der Waals surface area contributed by atoms with Crippen LogP contribution in [0, 0.1) is 13.8 Å². The number of thiazole rings is 2. The average molecular weight is 341 g/mol. The van der Waals surface area contributed by atoms with E-state index in [4.69, 9.17) is 0 Å². The van der Waals surface area contributed by atoms with Gasteiger partial charge in [0.25, 0.3) is 0 Å². The fourth-order valence-corrected chi connectivity index (χ4v) is 3.37. The molecule has 0 radical (unpaired) electrons. The first kappa shape index (κ1) is 15.6. The van der Waals surface area contributed by atoms with Gasteiger partial charge in [0, 0.05) is 22.4 Å². The van der Waals surface area contributed by atoms with E-state index in [0.29, 0.717) is 5.13 Å². The van der Waals surface area contributed by atoms with Crippen LogP contribution in [0.5, 0.6) is 0 Å². The molecular weight excluding hydrogens is 326 g/mol. The van der Waals surface area contributed by atoms with Gasteiger partial charge in [-0.05, 0) is 25.5 Å². The first-order chi connectivity index (χ1) is 11.1. The molecular formula is C17H15N3OS2. The molecule has 116 valence electrons. The van der Waals surface area contributed by atoms with Crippen LogP contribution in [-0.4, -0.2) is 15.9 Å². The Morgan fingerprint density at radius 2 is 1.96 bits per heavy atom. The van der Waals surface area contributed by atoms with E-state index in [-0.39, 0.29) is 5.91 Å². The highest BCUT2D eigenvalue weighted by atomic mass is 32.1. The summed E-state index contributed by atoms with van der Waals surface area (Å²) in [6.07, 6.45) is 3.18. The molecule has 0 aliphatic heterocycles. The van der Waals surface area contributed by atoms with Crippen LogP contribution < -0.4 is 5.32 Å². The number of rotatable bonds is 4. The molecule has 2 heterocycles. The molecule has 0 saturated heterocycles. The van der Waals surface area contributed by atoms with Gasteiger partial charge < -0.3 is 0 Å². The summed E-state index contributed by atoms with van der Waals surface area (Å²) in [6.45, 7) is 3.98. The molecule has 0 aliphatic carbocycles. The number of aromatic nitrogens is 2. The van der Waals surface area contributed by atoms with Gasteiger partial charge in [-0.25, -0.2) is 9.97 Å². The van der Waals surface area contributed by atoms with Crippen LogP contribution in [0.15, 0.2) is 41.1 Å². The molecule has 1 amide bonds. The van der Waals surface area contributed by atoms with Gasteiger partial charge >= 0.3 is 0 Å². The fraction of sp³-hybridized carbons (Fsp3) is 0.118. The van der Waals surface area contributed by atoms with Crippen LogP contribution in [0.25, 0.3) is 17.3 Å². The molecule has 0 spiro atoms. The van der Waals surface area contributed by atoms with E-state index in [1.165, 1.54) is 17.4 Å². The van der Waals surface area contributed by atoms with Gasteiger partial charge in [0.2, 0.25) is 5.91 Å². The Morgan fingerprint density at radius 1 is 1.13 bits per heavy atom. The molecule has 0 aliphatic rings. The lowest BCUT2D eigenvalue weighted by atomic mass is 10.1. The number of benzene rings is 1. The zero-order valence-electron chi connectivity index (χ0n) is 12.7. The Morgan fingerprint density at radius 3 is 2.70 bits per heavy atom. The van der Waals surface area contributed by atoms with Gasteiger partial charge in [0.05, 0.1) is 16.4 Å². The lowest BCUT2D eigenvalue weighted by molar-refractivity contribution is -0.111.